The topological polar surface area (TPSA) is 35.0 Å². The van der Waals surface area contributed by atoms with Gasteiger partial charge < -0.3 is 4.74 Å². The summed E-state index contributed by atoms with van der Waals surface area (Å²) in [4.78, 5) is 10.2. The number of hydrogen-bond donors (Lipinski definition) is 0. The van der Waals surface area contributed by atoms with Gasteiger partial charge >= 0.3 is 0 Å². The summed E-state index contributed by atoms with van der Waals surface area (Å²) in [7, 11) is 1.77. The van der Waals surface area contributed by atoms with Gasteiger partial charge in [0.2, 0.25) is 0 Å². The minimum Gasteiger partial charge on any atom is -0.370 e. The fourth-order valence-corrected chi connectivity index (χ4v) is 3.89. The number of nitrogens with zero attached hydrogens (tertiary/aromatic N) is 2. The molecule has 0 spiro atoms. The summed E-state index contributed by atoms with van der Waals surface area (Å²) < 4.78 is 5.85. The fourth-order valence-electron chi connectivity index (χ4n) is 2.84. The quantitative estimate of drug-likeness (QED) is 0.603. The lowest BCUT2D eigenvalue weighted by molar-refractivity contribution is -0.0348. The lowest BCUT2D eigenvalue weighted by Gasteiger charge is -2.29. The van der Waals surface area contributed by atoms with Crippen molar-refractivity contribution in [3.8, 4) is 0 Å². The number of methoxy groups -OCH3 is 1. The number of halogens is 1. The zero-order valence-corrected chi connectivity index (χ0v) is 12.6. The molecule has 102 valence electrons. The number of rotatable bonds is 2. The Bertz CT molecular complexity index is 576. The van der Waals surface area contributed by atoms with Gasteiger partial charge in [-0.3, -0.25) is 0 Å². The van der Waals surface area contributed by atoms with E-state index < -0.39 is 0 Å². The van der Waals surface area contributed by atoms with Crippen molar-refractivity contribution < 1.29 is 4.74 Å². The smallest absolute Gasteiger partial charge is 0.163 e. The highest BCUT2D eigenvalue weighted by atomic mass is 35.5. The highest BCUT2D eigenvalue weighted by Gasteiger charge is 2.36. The van der Waals surface area contributed by atoms with E-state index in [1.165, 1.54) is 12.8 Å². The molecule has 0 bridgehead atoms. The molecule has 5 heteroatoms. The molecule has 3 rings (SSSR count). The van der Waals surface area contributed by atoms with Crippen molar-refractivity contribution in [2.45, 2.75) is 44.1 Å². The molecule has 2 aromatic heterocycles. The Morgan fingerprint density at radius 1 is 1.21 bits per heavy atom. The number of thiophene rings is 1. The van der Waals surface area contributed by atoms with E-state index in [1.54, 1.807) is 18.4 Å². The van der Waals surface area contributed by atoms with Gasteiger partial charge in [0.15, 0.2) is 5.82 Å². The summed E-state index contributed by atoms with van der Waals surface area (Å²) in [5.74, 6) is 0.761. The van der Waals surface area contributed by atoms with E-state index in [9.17, 15) is 0 Å². The standard InChI is InChI=1S/C14H17ClN2OS/c1-18-14(7-4-2-3-5-8-14)13-16-11(15)10-6-9-19-12(10)17-13/h6,9H,2-5,7-8H2,1H3. The predicted octanol–water partition coefficient (Wildman–Crippen LogP) is 4.54. The van der Waals surface area contributed by atoms with Crippen LogP contribution in [0.4, 0.5) is 0 Å². The number of hydrogen-bond acceptors (Lipinski definition) is 4. The number of ether oxygens (including phenoxy) is 1. The maximum atomic E-state index is 6.28. The first kappa shape index (κ1) is 13.3. The van der Waals surface area contributed by atoms with E-state index in [0.29, 0.717) is 5.15 Å². The van der Waals surface area contributed by atoms with Gasteiger partial charge in [-0.25, -0.2) is 9.97 Å². The minimum atomic E-state index is -0.349. The van der Waals surface area contributed by atoms with Gasteiger partial charge in [0.1, 0.15) is 15.6 Å². The molecule has 0 atom stereocenters. The zero-order valence-electron chi connectivity index (χ0n) is 11.0. The van der Waals surface area contributed by atoms with Gasteiger partial charge in [-0.05, 0) is 24.3 Å². The van der Waals surface area contributed by atoms with E-state index >= 15 is 0 Å². The molecular formula is C14H17ClN2OS. The second kappa shape index (κ2) is 5.35. The highest BCUT2D eigenvalue weighted by Crippen LogP contribution is 2.39. The van der Waals surface area contributed by atoms with E-state index in [4.69, 9.17) is 21.3 Å². The molecule has 1 fully saturated rings. The Kier molecular flexibility index (Phi) is 3.74. The summed E-state index contributed by atoms with van der Waals surface area (Å²) in [5.41, 5.74) is -0.349. The van der Waals surface area contributed by atoms with Crippen molar-refractivity contribution in [3.05, 3.63) is 22.4 Å². The van der Waals surface area contributed by atoms with Crippen LogP contribution in [0.2, 0.25) is 5.15 Å². The molecule has 1 aliphatic carbocycles. The molecule has 0 N–H and O–H groups in total. The van der Waals surface area contributed by atoms with Gasteiger partial charge in [-0.2, -0.15) is 0 Å². The molecule has 0 radical (unpaired) electrons. The van der Waals surface area contributed by atoms with E-state index in [1.807, 2.05) is 11.4 Å². The first-order chi connectivity index (χ1) is 9.25. The molecule has 0 aromatic carbocycles. The van der Waals surface area contributed by atoms with Crippen LogP contribution in [-0.2, 0) is 10.3 Å². The summed E-state index contributed by atoms with van der Waals surface area (Å²) in [5, 5.41) is 3.49. The maximum Gasteiger partial charge on any atom is 0.163 e. The lowest BCUT2D eigenvalue weighted by atomic mass is 9.93. The van der Waals surface area contributed by atoms with E-state index in [0.717, 1.165) is 41.7 Å². The van der Waals surface area contributed by atoms with Crippen molar-refractivity contribution in [3.63, 3.8) is 0 Å². The summed E-state index contributed by atoms with van der Waals surface area (Å²) >= 11 is 7.89. The predicted molar refractivity (Wildman–Crippen MR) is 78.8 cm³/mol. The van der Waals surface area contributed by atoms with Crippen LogP contribution < -0.4 is 0 Å². The average molecular weight is 297 g/mol. The molecule has 0 aliphatic heterocycles. The number of fused-ring (bicyclic) bond motifs is 1. The van der Waals surface area contributed by atoms with Crippen molar-refractivity contribution in [1.82, 2.24) is 9.97 Å². The molecule has 1 aliphatic rings. The SMILES string of the molecule is COC1(c2nc(Cl)c3ccsc3n2)CCCCCC1. The van der Waals surface area contributed by atoms with Crippen molar-refractivity contribution in [1.29, 1.82) is 0 Å². The van der Waals surface area contributed by atoms with E-state index in [2.05, 4.69) is 4.98 Å². The molecule has 0 unspecified atom stereocenters. The Morgan fingerprint density at radius 2 is 1.95 bits per heavy atom. The van der Waals surface area contributed by atoms with Crippen molar-refractivity contribution in [2.24, 2.45) is 0 Å². The Morgan fingerprint density at radius 3 is 2.63 bits per heavy atom. The molecule has 2 heterocycles. The van der Waals surface area contributed by atoms with Crippen molar-refractivity contribution >= 4 is 33.2 Å². The molecule has 2 aromatic rings. The van der Waals surface area contributed by atoms with Crippen molar-refractivity contribution in [2.75, 3.05) is 7.11 Å². The van der Waals surface area contributed by atoms with Gasteiger partial charge in [0, 0.05) is 12.5 Å². The largest absolute Gasteiger partial charge is 0.370 e. The lowest BCUT2D eigenvalue weighted by Crippen LogP contribution is -2.30. The minimum absolute atomic E-state index is 0.349. The Labute approximate surface area is 122 Å². The van der Waals surface area contributed by atoms with Crippen LogP contribution in [0, 0.1) is 0 Å². The van der Waals surface area contributed by atoms with Crippen LogP contribution in [0.1, 0.15) is 44.3 Å². The van der Waals surface area contributed by atoms with Gasteiger partial charge in [-0.15, -0.1) is 11.3 Å². The second-order valence-electron chi connectivity index (χ2n) is 5.09. The summed E-state index contributed by atoms with van der Waals surface area (Å²) in [6.07, 6.45) is 6.82. The first-order valence-corrected chi connectivity index (χ1v) is 7.97. The van der Waals surface area contributed by atoms with Crippen LogP contribution in [0.3, 0.4) is 0 Å². The third-order valence-electron chi connectivity index (χ3n) is 3.99. The third-order valence-corrected chi connectivity index (χ3v) is 5.08. The molecule has 19 heavy (non-hydrogen) atoms. The summed E-state index contributed by atoms with van der Waals surface area (Å²) in [6.45, 7) is 0. The monoisotopic (exact) mass is 296 g/mol. The fraction of sp³-hybridized carbons (Fsp3) is 0.571. The molecular weight excluding hydrogens is 280 g/mol. The normalized spacial score (nSPS) is 19.5. The third kappa shape index (κ3) is 2.37. The van der Waals surface area contributed by atoms with Gasteiger partial charge in [-0.1, -0.05) is 37.3 Å². The molecule has 3 nitrogen and oxygen atoms in total. The van der Waals surface area contributed by atoms with Crippen LogP contribution >= 0.6 is 22.9 Å². The zero-order chi connectivity index (χ0) is 13.3. The number of aromatic nitrogens is 2. The summed E-state index contributed by atoms with van der Waals surface area (Å²) in [6, 6.07) is 1.97. The Balaban J connectivity index is 2.09. The first-order valence-electron chi connectivity index (χ1n) is 6.71. The Hall–Kier alpha value is -0.710. The van der Waals surface area contributed by atoms with Crippen LogP contribution in [0.15, 0.2) is 11.4 Å². The highest BCUT2D eigenvalue weighted by molar-refractivity contribution is 7.16. The maximum absolute atomic E-state index is 6.28. The molecule has 0 saturated heterocycles. The van der Waals surface area contributed by atoms with Crippen LogP contribution in [0.5, 0.6) is 0 Å². The van der Waals surface area contributed by atoms with Gasteiger partial charge in [0.25, 0.3) is 0 Å². The molecule has 1 saturated carbocycles. The van der Waals surface area contributed by atoms with Gasteiger partial charge in [0.05, 0.1) is 0 Å². The average Bonchev–Trinajstić information content (AvgIpc) is 2.76. The molecule has 0 amide bonds. The van der Waals surface area contributed by atoms with Crippen LogP contribution in [-0.4, -0.2) is 17.1 Å². The second-order valence-corrected chi connectivity index (χ2v) is 6.34. The van der Waals surface area contributed by atoms with Crippen LogP contribution in [0.25, 0.3) is 10.2 Å². The van der Waals surface area contributed by atoms with E-state index in [-0.39, 0.29) is 5.60 Å².